The summed E-state index contributed by atoms with van der Waals surface area (Å²) < 4.78 is 7.60. The highest BCUT2D eigenvalue weighted by Gasteiger charge is 2.31. The number of nitrogens with zero attached hydrogens (tertiary/aromatic N) is 2. The van der Waals surface area contributed by atoms with Gasteiger partial charge < -0.3 is 4.74 Å². The number of thioether (sulfide) groups is 1. The van der Waals surface area contributed by atoms with E-state index in [4.69, 9.17) is 9.72 Å². The fraction of sp³-hybridized carbons (Fsp3) is 0.240. The quantitative estimate of drug-likeness (QED) is 0.230. The van der Waals surface area contributed by atoms with Gasteiger partial charge in [-0.15, -0.1) is 11.3 Å². The van der Waals surface area contributed by atoms with Crippen LogP contribution in [0, 0.1) is 0 Å². The van der Waals surface area contributed by atoms with Crippen molar-refractivity contribution in [1.82, 2.24) is 9.55 Å². The lowest BCUT2D eigenvalue weighted by molar-refractivity contribution is -0.0379. The van der Waals surface area contributed by atoms with Gasteiger partial charge in [0.1, 0.15) is 4.83 Å². The summed E-state index contributed by atoms with van der Waals surface area (Å²) >= 11 is 2.81. The van der Waals surface area contributed by atoms with E-state index in [9.17, 15) is 9.59 Å². The third kappa shape index (κ3) is 3.92. The number of aromatic nitrogens is 2. The normalized spacial score (nSPS) is 14.9. The molecule has 0 atom stereocenters. The molecule has 0 unspecified atom stereocenters. The Labute approximate surface area is 194 Å². The number of hydrogen-bond acceptors (Lipinski definition) is 6. The number of hydrogen-bond donors (Lipinski definition) is 0. The fourth-order valence-electron chi connectivity index (χ4n) is 3.91. The van der Waals surface area contributed by atoms with E-state index in [0.717, 1.165) is 16.1 Å². The van der Waals surface area contributed by atoms with Crippen molar-refractivity contribution in [2.45, 2.75) is 37.6 Å². The minimum atomic E-state index is -0.319. The molecule has 4 aromatic rings. The Morgan fingerprint density at radius 2 is 1.81 bits per heavy atom. The van der Waals surface area contributed by atoms with Crippen molar-refractivity contribution in [3.05, 3.63) is 87.0 Å². The van der Waals surface area contributed by atoms with Gasteiger partial charge in [0, 0.05) is 16.9 Å². The Morgan fingerprint density at radius 3 is 2.53 bits per heavy atom. The Kier molecular flexibility index (Phi) is 5.49. The van der Waals surface area contributed by atoms with Gasteiger partial charge in [0.2, 0.25) is 0 Å². The van der Waals surface area contributed by atoms with Gasteiger partial charge in [0.25, 0.3) is 5.56 Å². The number of rotatable bonds is 5. The average Bonchev–Trinajstić information content (AvgIpc) is 3.15. The molecule has 7 heteroatoms. The molecule has 3 heterocycles. The Balaban J connectivity index is 1.62. The van der Waals surface area contributed by atoms with E-state index in [1.54, 1.807) is 16.7 Å². The lowest BCUT2D eigenvalue weighted by atomic mass is 9.94. The zero-order valence-electron chi connectivity index (χ0n) is 17.8. The third-order valence-electron chi connectivity index (χ3n) is 5.52. The molecule has 0 N–H and O–H groups in total. The molecule has 0 bridgehead atoms. The molecule has 2 aromatic carbocycles. The van der Waals surface area contributed by atoms with Crippen molar-refractivity contribution in [3.63, 3.8) is 0 Å². The highest BCUT2D eigenvalue weighted by molar-refractivity contribution is 7.99. The number of ether oxygens (including phenoxy) is 1. The molecule has 32 heavy (non-hydrogen) atoms. The van der Waals surface area contributed by atoms with Gasteiger partial charge in [-0.3, -0.25) is 14.2 Å². The lowest BCUT2D eigenvalue weighted by Crippen LogP contribution is -2.32. The zero-order chi connectivity index (χ0) is 22.3. The van der Waals surface area contributed by atoms with Crippen LogP contribution in [0.1, 0.15) is 34.6 Å². The largest absolute Gasteiger partial charge is 0.370 e. The molecule has 0 radical (unpaired) electrons. The predicted molar refractivity (Wildman–Crippen MR) is 129 cm³/mol. The summed E-state index contributed by atoms with van der Waals surface area (Å²) in [5.41, 5.74) is 2.03. The van der Waals surface area contributed by atoms with Gasteiger partial charge in [-0.1, -0.05) is 60.3 Å². The molecule has 5 nitrogen and oxygen atoms in total. The minimum Gasteiger partial charge on any atom is -0.370 e. The van der Waals surface area contributed by atoms with Crippen LogP contribution in [0.3, 0.4) is 0 Å². The van der Waals surface area contributed by atoms with Crippen molar-refractivity contribution < 1.29 is 9.53 Å². The molecule has 0 saturated carbocycles. The maximum atomic E-state index is 13.8. The van der Waals surface area contributed by atoms with Gasteiger partial charge in [-0.05, 0) is 31.5 Å². The summed E-state index contributed by atoms with van der Waals surface area (Å²) in [4.78, 5) is 33.1. The highest BCUT2D eigenvalue weighted by atomic mass is 32.2. The molecule has 0 fully saturated rings. The van der Waals surface area contributed by atoms with E-state index in [1.807, 2.05) is 62.4 Å². The number of benzene rings is 2. The van der Waals surface area contributed by atoms with E-state index in [0.29, 0.717) is 34.0 Å². The predicted octanol–water partition coefficient (Wildman–Crippen LogP) is 5.27. The van der Waals surface area contributed by atoms with Crippen LogP contribution >= 0.6 is 23.1 Å². The summed E-state index contributed by atoms with van der Waals surface area (Å²) in [7, 11) is 0. The monoisotopic (exact) mass is 462 g/mol. The maximum Gasteiger partial charge on any atom is 0.267 e. The van der Waals surface area contributed by atoms with Gasteiger partial charge >= 0.3 is 0 Å². The molecule has 0 saturated heterocycles. The molecular formula is C25H22N2O3S2. The van der Waals surface area contributed by atoms with Crippen molar-refractivity contribution in [2.24, 2.45) is 0 Å². The van der Waals surface area contributed by atoms with Crippen molar-refractivity contribution >= 4 is 39.1 Å². The second-order valence-corrected chi connectivity index (χ2v) is 10.4. The second kappa shape index (κ2) is 8.31. The maximum absolute atomic E-state index is 13.8. The van der Waals surface area contributed by atoms with Crippen molar-refractivity contribution in [3.8, 4) is 5.69 Å². The molecule has 0 spiro atoms. The number of ketones is 1. The number of thiophene rings is 1. The van der Waals surface area contributed by atoms with E-state index < -0.39 is 0 Å². The molecular weight excluding hydrogens is 440 g/mol. The van der Waals surface area contributed by atoms with Gasteiger partial charge in [0.15, 0.2) is 10.9 Å². The molecule has 1 aliphatic rings. The van der Waals surface area contributed by atoms with Crippen LogP contribution in [-0.2, 0) is 17.8 Å². The molecule has 0 amide bonds. The first-order valence-corrected chi connectivity index (χ1v) is 12.2. The summed E-state index contributed by atoms with van der Waals surface area (Å²) in [5, 5.41) is 1.20. The lowest BCUT2D eigenvalue weighted by Gasteiger charge is -2.29. The second-order valence-electron chi connectivity index (χ2n) is 8.36. The Hall–Kier alpha value is -2.74. The van der Waals surface area contributed by atoms with Crippen LogP contribution in [0.5, 0.6) is 0 Å². The number of carbonyl (C=O) groups is 1. The average molecular weight is 463 g/mol. The van der Waals surface area contributed by atoms with E-state index in [-0.39, 0.29) is 22.7 Å². The van der Waals surface area contributed by atoms with E-state index in [1.165, 1.54) is 23.1 Å². The van der Waals surface area contributed by atoms with Gasteiger partial charge in [-0.25, -0.2) is 4.98 Å². The van der Waals surface area contributed by atoms with Crippen LogP contribution < -0.4 is 5.56 Å². The highest BCUT2D eigenvalue weighted by Crippen LogP contribution is 2.38. The standard InChI is InChI=1S/C25H22N2O3S2/c1-25(2)13-18-20(14-30-25)32-22-21(18)23(29)27(17-11-7-4-8-12-17)24(26-22)31-15-19(28)16-9-5-3-6-10-16/h3-12H,13-15H2,1-2H3. The zero-order valence-corrected chi connectivity index (χ0v) is 19.5. The first-order valence-electron chi connectivity index (χ1n) is 10.4. The summed E-state index contributed by atoms with van der Waals surface area (Å²) in [5.74, 6) is 0.209. The summed E-state index contributed by atoms with van der Waals surface area (Å²) in [6.45, 7) is 4.58. The SMILES string of the molecule is CC1(C)Cc2c(sc3nc(SCC(=O)c4ccccc4)n(-c4ccccc4)c(=O)c23)CO1. The third-order valence-corrected chi connectivity index (χ3v) is 7.55. The summed E-state index contributed by atoms with van der Waals surface area (Å²) in [6.07, 6.45) is 0.674. The Bertz CT molecular complexity index is 1360. The van der Waals surface area contributed by atoms with Gasteiger partial charge in [-0.2, -0.15) is 0 Å². The molecule has 1 aliphatic heterocycles. The topological polar surface area (TPSA) is 61.2 Å². The van der Waals surface area contributed by atoms with Gasteiger partial charge in [0.05, 0.1) is 29.0 Å². The Morgan fingerprint density at radius 1 is 1.12 bits per heavy atom. The van der Waals surface area contributed by atoms with E-state index >= 15 is 0 Å². The van der Waals surface area contributed by atoms with Crippen LogP contribution in [0.25, 0.3) is 15.9 Å². The first kappa shape index (κ1) is 21.1. The molecule has 2 aromatic heterocycles. The minimum absolute atomic E-state index is 0.00480. The van der Waals surface area contributed by atoms with Crippen LogP contribution in [0.2, 0.25) is 0 Å². The number of para-hydroxylation sites is 1. The number of fused-ring (bicyclic) bond motifs is 3. The molecule has 0 aliphatic carbocycles. The molecule has 5 rings (SSSR count). The first-order chi connectivity index (χ1) is 15.4. The number of Topliss-reactive ketones (excluding diaryl/α,β-unsaturated/α-hetero) is 1. The van der Waals surface area contributed by atoms with Crippen molar-refractivity contribution in [2.75, 3.05) is 5.75 Å². The number of carbonyl (C=O) groups excluding carboxylic acids is 1. The summed E-state index contributed by atoms with van der Waals surface area (Å²) in [6, 6.07) is 18.7. The van der Waals surface area contributed by atoms with Crippen LogP contribution in [0.4, 0.5) is 0 Å². The van der Waals surface area contributed by atoms with Crippen molar-refractivity contribution in [1.29, 1.82) is 0 Å². The fourth-order valence-corrected chi connectivity index (χ4v) is 5.96. The smallest absolute Gasteiger partial charge is 0.267 e. The molecule has 162 valence electrons. The van der Waals surface area contributed by atoms with Crippen LogP contribution in [0.15, 0.2) is 70.6 Å². The van der Waals surface area contributed by atoms with E-state index in [2.05, 4.69) is 0 Å². The van der Waals surface area contributed by atoms with Crippen LogP contribution in [-0.4, -0.2) is 26.7 Å².